The summed E-state index contributed by atoms with van der Waals surface area (Å²) in [6.07, 6.45) is 0. The molecule has 2 N–H and O–H groups in total. The van der Waals surface area contributed by atoms with Gasteiger partial charge in [-0.3, -0.25) is 4.79 Å². The maximum atomic E-state index is 11.6. The third kappa shape index (κ3) is 2.41. The van der Waals surface area contributed by atoms with E-state index < -0.39 is 0 Å². The number of hydrogen-bond donors (Lipinski definition) is 2. The number of nitrogens with one attached hydrogen (secondary N) is 1. The summed E-state index contributed by atoms with van der Waals surface area (Å²) in [5, 5.41) is 9.56. The first-order chi connectivity index (χ1) is 8.61. The average molecular weight is 246 g/mol. The topological polar surface area (TPSA) is 75.2 Å². The van der Waals surface area contributed by atoms with Crippen molar-refractivity contribution < 1.29 is 9.84 Å². The molecule has 0 bridgehead atoms. The lowest BCUT2D eigenvalue weighted by Gasteiger charge is -2.05. The van der Waals surface area contributed by atoms with Crippen LogP contribution in [0.15, 0.2) is 29.1 Å². The van der Waals surface area contributed by atoms with Crippen molar-refractivity contribution in [2.24, 2.45) is 0 Å². The molecule has 0 fully saturated rings. The van der Waals surface area contributed by atoms with Gasteiger partial charge in [-0.05, 0) is 18.6 Å². The van der Waals surface area contributed by atoms with E-state index in [0.29, 0.717) is 12.4 Å². The second-order valence-corrected chi connectivity index (χ2v) is 4.00. The Morgan fingerprint density at radius 3 is 2.89 bits per heavy atom. The van der Waals surface area contributed by atoms with Gasteiger partial charge in [0.1, 0.15) is 5.82 Å². The summed E-state index contributed by atoms with van der Waals surface area (Å²) in [6.45, 7) is 2.00. The van der Waals surface area contributed by atoms with Crippen molar-refractivity contribution in [3.63, 3.8) is 0 Å². The molecule has 0 unspecified atom stereocenters. The van der Waals surface area contributed by atoms with E-state index in [-0.39, 0.29) is 17.0 Å². The summed E-state index contributed by atoms with van der Waals surface area (Å²) in [6, 6.07) is 7.43. The van der Waals surface area contributed by atoms with Crippen molar-refractivity contribution in [1.82, 2.24) is 9.97 Å². The Morgan fingerprint density at radius 1 is 1.44 bits per heavy atom. The summed E-state index contributed by atoms with van der Waals surface area (Å²) in [5.74, 6) is 0.104. The molecule has 94 valence electrons. The van der Waals surface area contributed by atoms with Gasteiger partial charge in [0, 0.05) is 12.7 Å². The van der Waals surface area contributed by atoms with Crippen molar-refractivity contribution in [1.29, 1.82) is 0 Å². The number of H-pyrrole nitrogens is 1. The zero-order chi connectivity index (χ0) is 13.1. The molecule has 2 rings (SSSR count). The van der Waals surface area contributed by atoms with E-state index >= 15 is 0 Å². The van der Waals surface area contributed by atoms with Gasteiger partial charge in [0.05, 0.1) is 12.2 Å². The number of aromatic amines is 1. The minimum Gasteiger partial charge on any atom is -0.493 e. The molecular formula is C13H14N2O3. The van der Waals surface area contributed by atoms with E-state index in [1.807, 2.05) is 24.3 Å². The minimum atomic E-state index is -0.338. The highest BCUT2D eigenvalue weighted by Gasteiger charge is 2.08. The predicted molar refractivity (Wildman–Crippen MR) is 67.4 cm³/mol. The number of benzene rings is 1. The Bertz CT molecular complexity index is 620. The third-order valence-corrected chi connectivity index (χ3v) is 2.64. The monoisotopic (exact) mass is 246 g/mol. The number of aromatic hydroxyl groups is 1. The second-order valence-electron chi connectivity index (χ2n) is 4.00. The van der Waals surface area contributed by atoms with Gasteiger partial charge < -0.3 is 14.8 Å². The fourth-order valence-corrected chi connectivity index (χ4v) is 1.63. The lowest BCUT2D eigenvalue weighted by molar-refractivity contribution is 0.185. The van der Waals surface area contributed by atoms with Crippen LogP contribution in [0.2, 0.25) is 0 Å². The highest BCUT2D eigenvalue weighted by molar-refractivity contribution is 5.56. The second kappa shape index (κ2) is 5.01. The summed E-state index contributed by atoms with van der Waals surface area (Å²) in [7, 11) is 1.62. The van der Waals surface area contributed by atoms with Crippen LogP contribution in [0.4, 0.5) is 0 Å². The molecule has 18 heavy (non-hydrogen) atoms. The molecule has 0 aliphatic heterocycles. The van der Waals surface area contributed by atoms with Gasteiger partial charge in [0.25, 0.3) is 5.56 Å². The first-order valence-electron chi connectivity index (χ1n) is 5.50. The Kier molecular flexibility index (Phi) is 3.43. The minimum absolute atomic E-state index is 0.215. The predicted octanol–water partition coefficient (Wildman–Crippen LogP) is 1.60. The Labute approximate surface area is 104 Å². The van der Waals surface area contributed by atoms with Crippen molar-refractivity contribution in [2.75, 3.05) is 7.11 Å². The highest BCUT2D eigenvalue weighted by atomic mass is 16.5. The number of hydrogen-bond acceptors (Lipinski definition) is 4. The molecule has 0 amide bonds. The fraction of sp³-hybridized carbons (Fsp3) is 0.231. The highest BCUT2D eigenvalue weighted by Crippen LogP contribution is 2.18. The summed E-state index contributed by atoms with van der Waals surface area (Å²) in [4.78, 5) is 18.2. The van der Waals surface area contributed by atoms with Crippen LogP contribution in [0.25, 0.3) is 11.4 Å². The number of rotatable bonds is 3. The molecule has 1 aromatic heterocycles. The maximum Gasteiger partial charge on any atom is 0.257 e. The van der Waals surface area contributed by atoms with Gasteiger partial charge in [-0.1, -0.05) is 18.2 Å². The number of aromatic nitrogens is 2. The molecule has 0 radical (unpaired) electrons. The normalized spacial score (nSPS) is 10.6. The molecule has 0 aliphatic carbocycles. The molecule has 0 saturated carbocycles. The van der Waals surface area contributed by atoms with Crippen LogP contribution < -0.4 is 5.56 Å². The molecule has 0 saturated heterocycles. The van der Waals surface area contributed by atoms with Crippen LogP contribution >= 0.6 is 0 Å². The van der Waals surface area contributed by atoms with Gasteiger partial charge in [-0.25, -0.2) is 0 Å². The van der Waals surface area contributed by atoms with E-state index in [1.165, 1.54) is 6.92 Å². The van der Waals surface area contributed by atoms with Crippen LogP contribution in [0.3, 0.4) is 0 Å². The quantitative estimate of drug-likeness (QED) is 0.862. The van der Waals surface area contributed by atoms with Gasteiger partial charge in [-0.15, -0.1) is 0 Å². The summed E-state index contributed by atoms with van der Waals surface area (Å²) in [5.41, 5.74) is 1.58. The molecule has 0 atom stereocenters. The number of nitrogens with zero attached hydrogens (tertiary/aromatic N) is 1. The third-order valence-electron chi connectivity index (χ3n) is 2.64. The number of ether oxygens (including phenoxy) is 1. The first-order valence-corrected chi connectivity index (χ1v) is 5.50. The van der Waals surface area contributed by atoms with E-state index in [1.54, 1.807) is 7.11 Å². The van der Waals surface area contributed by atoms with Gasteiger partial charge in [0.15, 0.2) is 0 Å². The largest absolute Gasteiger partial charge is 0.493 e. The van der Waals surface area contributed by atoms with E-state index in [2.05, 4.69) is 9.97 Å². The lowest BCUT2D eigenvalue weighted by atomic mass is 10.1. The maximum absolute atomic E-state index is 11.6. The van der Waals surface area contributed by atoms with Gasteiger partial charge in [-0.2, -0.15) is 4.98 Å². The van der Waals surface area contributed by atoms with Crippen molar-refractivity contribution in [3.8, 4) is 17.3 Å². The Balaban J connectivity index is 2.48. The van der Waals surface area contributed by atoms with Crippen LogP contribution in [0.1, 0.15) is 11.1 Å². The standard InChI is InChI=1S/C13H14N2O3/c1-8-12(16)14-11(15-13(8)17)10-5-3-4-9(6-10)7-18-2/h3-6H,7H2,1-2H3,(H2,14,15,16,17). The average Bonchev–Trinajstić information content (AvgIpc) is 2.36. The van der Waals surface area contributed by atoms with E-state index in [4.69, 9.17) is 4.74 Å². The molecule has 2 aromatic rings. The van der Waals surface area contributed by atoms with E-state index in [0.717, 1.165) is 11.1 Å². The summed E-state index contributed by atoms with van der Waals surface area (Å²) >= 11 is 0. The van der Waals surface area contributed by atoms with Crippen molar-refractivity contribution in [3.05, 3.63) is 45.7 Å². The smallest absolute Gasteiger partial charge is 0.257 e. The van der Waals surface area contributed by atoms with Gasteiger partial charge >= 0.3 is 0 Å². The molecule has 1 aromatic carbocycles. The lowest BCUT2D eigenvalue weighted by Crippen LogP contribution is -2.12. The number of methoxy groups -OCH3 is 1. The van der Waals surface area contributed by atoms with Gasteiger partial charge in [0.2, 0.25) is 5.88 Å². The Hall–Kier alpha value is -2.14. The molecule has 5 nitrogen and oxygen atoms in total. The molecule has 0 aliphatic rings. The molecule has 1 heterocycles. The van der Waals surface area contributed by atoms with Crippen LogP contribution in [-0.2, 0) is 11.3 Å². The van der Waals surface area contributed by atoms with E-state index in [9.17, 15) is 9.90 Å². The first kappa shape index (κ1) is 12.3. The molecule has 5 heteroatoms. The zero-order valence-corrected chi connectivity index (χ0v) is 10.2. The van der Waals surface area contributed by atoms with Crippen LogP contribution in [0, 0.1) is 6.92 Å². The van der Waals surface area contributed by atoms with Crippen LogP contribution in [0.5, 0.6) is 5.88 Å². The molecular weight excluding hydrogens is 232 g/mol. The van der Waals surface area contributed by atoms with Crippen molar-refractivity contribution >= 4 is 0 Å². The van der Waals surface area contributed by atoms with Crippen LogP contribution in [-0.4, -0.2) is 22.2 Å². The molecule has 0 spiro atoms. The zero-order valence-electron chi connectivity index (χ0n) is 10.2. The Morgan fingerprint density at radius 2 is 2.22 bits per heavy atom. The SMILES string of the molecule is COCc1cccc(-c2nc(O)c(C)c(=O)[nH]2)c1. The summed E-state index contributed by atoms with van der Waals surface area (Å²) < 4.78 is 5.04. The fourth-order valence-electron chi connectivity index (χ4n) is 1.63. The van der Waals surface area contributed by atoms with Crippen molar-refractivity contribution in [2.45, 2.75) is 13.5 Å².